The first-order valence-electron chi connectivity index (χ1n) is 11.1. The number of ketones is 1. The highest BCUT2D eigenvalue weighted by molar-refractivity contribution is 6.36. The molecule has 1 saturated heterocycles. The summed E-state index contributed by atoms with van der Waals surface area (Å²) in [6, 6.07) is 10.1. The van der Waals surface area contributed by atoms with E-state index in [1.807, 2.05) is 19.1 Å². The molecule has 34 heavy (non-hydrogen) atoms. The van der Waals surface area contributed by atoms with Gasteiger partial charge in [0.15, 0.2) is 5.78 Å². The number of halogens is 2. The molecule has 5 rings (SSSR count). The van der Waals surface area contributed by atoms with Crippen LogP contribution in [0.5, 0.6) is 0 Å². The maximum Gasteiger partial charge on any atom is 0.275 e. The average Bonchev–Trinajstić information content (AvgIpc) is 3.49. The zero-order valence-corrected chi connectivity index (χ0v) is 20.1. The lowest BCUT2D eigenvalue weighted by Crippen LogP contribution is -2.57. The van der Waals surface area contributed by atoms with Gasteiger partial charge in [-0.1, -0.05) is 65.2 Å². The molecular weight excluding hydrogens is 475 g/mol. The van der Waals surface area contributed by atoms with Gasteiger partial charge in [-0.05, 0) is 50.3 Å². The highest BCUT2D eigenvalue weighted by atomic mass is 35.5. The van der Waals surface area contributed by atoms with Crippen LogP contribution >= 0.6 is 23.2 Å². The van der Waals surface area contributed by atoms with Crippen LogP contribution in [0, 0.1) is 30.6 Å². The van der Waals surface area contributed by atoms with Gasteiger partial charge in [-0.25, -0.2) is 5.01 Å². The average molecular weight is 497 g/mol. The molecule has 3 amide bonds. The zero-order chi connectivity index (χ0) is 24.3. The fourth-order valence-corrected chi connectivity index (χ4v) is 5.88. The van der Waals surface area contributed by atoms with Crippen molar-refractivity contribution in [2.24, 2.45) is 23.7 Å². The van der Waals surface area contributed by atoms with Crippen molar-refractivity contribution in [2.45, 2.75) is 26.3 Å². The van der Waals surface area contributed by atoms with Crippen LogP contribution in [0.2, 0.25) is 10.0 Å². The van der Waals surface area contributed by atoms with Crippen LogP contribution in [-0.2, 0) is 9.59 Å². The van der Waals surface area contributed by atoms with Crippen LogP contribution in [0.3, 0.4) is 0 Å². The van der Waals surface area contributed by atoms with E-state index >= 15 is 0 Å². The molecule has 0 N–H and O–H groups in total. The lowest BCUT2D eigenvalue weighted by molar-refractivity contribution is -0.157. The normalized spacial score (nSPS) is 25.6. The maximum atomic E-state index is 13.8. The fraction of sp³-hybridized carbons (Fsp3) is 0.308. The molecule has 1 heterocycles. The van der Waals surface area contributed by atoms with Gasteiger partial charge in [-0.3, -0.25) is 19.2 Å². The van der Waals surface area contributed by atoms with Gasteiger partial charge in [-0.15, -0.1) is 0 Å². The van der Waals surface area contributed by atoms with E-state index in [0.29, 0.717) is 10.6 Å². The molecule has 174 valence electrons. The first-order valence-corrected chi connectivity index (χ1v) is 11.9. The van der Waals surface area contributed by atoms with Crippen molar-refractivity contribution in [3.63, 3.8) is 0 Å². The predicted octanol–water partition coefficient (Wildman–Crippen LogP) is 4.74. The largest absolute Gasteiger partial charge is 0.292 e. The van der Waals surface area contributed by atoms with Crippen LogP contribution in [0.1, 0.15) is 39.6 Å². The van der Waals surface area contributed by atoms with Crippen LogP contribution in [-0.4, -0.2) is 39.6 Å². The van der Waals surface area contributed by atoms with Gasteiger partial charge in [0.2, 0.25) is 0 Å². The van der Waals surface area contributed by atoms with E-state index in [-0.39, 0.29) is 22.4 Å². The predicted molar refractivity (Wildman–Crippen MR) is 127 cm³/mol. The van der Waals surface area contributed by atoms with E-state index in [1.165, 1.54) is 25.1 Å². The van der Waals surface area contributed by atoms with E-state index < -0.39 is 41.4 Å². The van der Waals surface area contributed by atoms with Crippen molar-refractivity contribution >= 4 is 46.7 Å². The van der Waals surface area contributed by atoms with Gasteiger partial charge in [0.25, 0.3) is 17.7 Å². The molecule has 0 spiro atoms. The molecule has 3 aliphatic rings. The summed E-state index contributed by atoms with van der Waals surface area (Å²) < 4.78 is 0. The third-order valence-electron chi connectivity index (χ3n) is 7.11. The molecule has 0 radical (unpaired) electrons. The quantitative estimate of drug-likeness (QED) is 0.340. The van der Waals surface area contributed by atoms with Gasteiger partial charge in [0.05, 0.1) is 22.4 Å². The topological polar surface area (TPSA) is 74.8 Å². The minimum atomic E-state index is -1.13. The zero-order valence-electron chi connectivity index (χ0n) is 18.6. The third kappa shape index (κ3) is 3.48. The van der Waals surface area contributed by atoms with Crippen LogP contribution in [0.4, 0.5) is 0 Å². The smallest absolute Gasteiger partial charge is 0.275 e. The number of benzene rings is 2. The minimum Gasteiger partial charge on any atom is -0.292 e. The van der Waals surface area contributed by atoms with Gasteiger partial charge in [-0.2, -0.15) is 5.01 Å². The summed E-state index contributed by atoms with van der Waals surface area (Å²) >= 11 is 12.3. The number of fused-ring (bicyclic) bond motifs is 5. The summed E-state index contributed by atoms with van der Waals surface area (Å²) in [7, 11) is 0. The number of rotatable bonds is 5. The molecule has 5 atom stereocenters. The summed E-state index contributed by atoms with van der Waals surface area (Å²) in [5.41, 5.74) is 1.40. The summed E-state index contributed by atoms with van der Waals surface area (Å²) in [6.45, 7) is 3.42. The molecule has 1 aliphatic heterocycles. The summed E-state index contributed by atoms with van der Waals surface area (Å²) in [6.07, 6.45) is 4.71. The molecule has 2 aromatic carbocycles. The highest BCUT2D eigenvalue weighted by Gasteiger charge is 2.61. The first kappa shape index (κ1) is 22.8. The Labute approximate surface area is 207 Å². The molecule has 0 unspecified atom stereocenters. The molecule has 1 saturated carbocycles. The van der Waals surface area contributed by atoms with Gasteiger partial charge in [0.1, 0.15) is 6.04 Å². The van der Waals surface area contributed by atoms with Crippen LogP contribution in [0.25, 0.3) is 0 Å². The number of nitrogens with zero attached hydrogens (tertiary/aromatic N) is 2. The Morgan fingerprint density at radius 3 is 2.12 bits per heavy atom. The molecule has 2 aliphatic carbocycles. The molecular formula is C26H22Cl2N2O4. The van der Waals surface area contributed by atoms with E-state index in [9.17, 15) is 19.2 Å². The second kappa shape index (κ2) is 8.36. The summed E-state index contributed by atoms with van der Waals surface area (Å²) in [4.78, 5) is 54.2. The molecule has 0 aromatic heterocycles. The van der Waals surface area contributed by atoms with Gasteiger partial charge < -0.3 is 0 Å². The molecule has 2 aromatic rings. The van der Waals surface area contributed by atoms with Gasteiger partial charge >= 0.3 is 0 Å². The van der Waals surface area contributed by atoms with Crippen molar-refractivity contribution in [2.75, 3.05) is 0 Å². The Morgan fingerprint density at radius 2 is 1.56 bits per heavy atom. The van der Waals surface area contributed by atoms with E-state index in [0.717, 1.165) is 22.0 Å². The standard InChI is InChI=1S/C26H22Cl2N2O4/c1-13-3-5-15(6-4-13)23(31)14(2)29(24(32)19-10-9-18(27)12-20(19)28)30-25(33)21-16-7-8-17(11-16)22(21)26(30)34/h3-10,12,14,16-17,21-22H,11H2,1-2H3/t14-,16-,17-,21+,22+/m0/s1. The Bertz CT molecular complexity index is 1230. The number of carbonyl (C=O) groups excluding carboxylic acids is 4. The van der Waals surface area contributed by atoms with Crippen LogP contribution < -0.4 is 0 Å². The van der Waals surface area contributed by atoms with Crippen molar-refractivity contribution in [1.29, 1.82) is 0 Å². The first-order chi connectivity index (χ1) is 16.2. The minimum absolute atomic E-state index is 0.0318. The van der Waals surface area contributed by atoms with Gasteiger partial charge in [0, 0.05) is 10.6 Å². The maximum absolute atomic E-state index is 13.8. The van der Waals surface area contributed by atoms with E-state index in [1.54, 1.807) is 24.3 Å². The van der Waals surface area contributed by atoms with Crippen LogP contribution in [0.15, 0.2) is 54.6 Å². The molecule has 2 bridgehead atoms. The summed E-state index contributed by atoms with van der Waals surface area (Å²) in [5, 5.41) is 2.28. The van der Waals surface area contributed by atoms with E-state index in [2.05, 4.69) is 0 Å². The van der Waals surface area contributed by atoms with Crippen molar-refractivity contribution in [1.82, 2.24) is 10.0 Å². The Balaban J connectivity index is 1.56. The molecule has 2 fully saturated rings. The number of Topliss-reactive ketones (excluding diaryl/α,β-unsaturated/α-hetero) is 1. The van der Waals surface area contributed by atoms with Crippen molar-refractivity contribution < 1.29 is 19.2 Å². The lowest BCUT2D eigenvalue weighted by atomic mass is 9.85. The number of imide groups is 1. The van der Waals surface area contributed by atoms with E-state index in [4.69, 9.17) is 23.2 Å². The Hall–Kier alpha value is -2.96. The number of hydrazine groups is 1. The third-order valence-corrected chi connectivity index (χ3v) is 7.66. The number of allylic oxidation sites excluding steroid dienone is 2. The Morgan fingerprint density at radius 1 is 0.971 bits per heavy atom. The Kier molecular flexibility index (Phi) is 5.61. The number of aryl methyl sites for hydroxylation is 1. The number of hydrogen-bond donors (Lipinski definition) is 0. The lowest BCUT2D eigenvalue weighted by Gasteiger charge is -2.35. The highest BCUT2D eigenvalue weighted by Crippen LogP contribution is 2.53. The van der Waals surface area contributed by atoms with Crippen molar-refractivity contribution in [3.05, 3.63) is 81.4 Å². The number of carbonyl (C=O) groups is 4. The monoisotopic (exact) mass is 496 g/mol. The van der Waals surface area contributed by atoms with Crippen molar-refractivity contribution in [3.8, 4) is 0 Å². The summed E-state index contributed by atoms with van der Waals surface area (Å²) in [5.74, 6) is -3.09. The second-order valence-corrected chi connectivity index (χ2v) is 10.0. The molecule has 6 nitrogen and oxygen atoms in total. The number of hydrogen-bond acceptors (Lipinski definition) is 4. The SMILES string of the molecule is Cc1ccc(C(=O)[C@H](C)N(C(=O)c2ccc(Cl)cc2Cl)N2C(=O)[C@H]3[C@H](C2=O)[C@H]2C=C[C@H]3C2)cc1. The fourth-order valence-electron chi connectivity index (χ4n) is 5.40. The molecule has 8 heteroatoms. The second-order valence-electron chi connectivity index (χ2n) is 9.17. The number of amides is 3.